The molecule has 0 aromatic heterocycles. The van der Waals surface area contributed by atoms with E-state index in [-0.39, 0.29) is 68.2 Å². The van der Waals surface area contributed by atoms with Crippen molar-refractivity contribution >= 4 is 65.7 Å². The summed E-state index contributed by atoms with van der Waals surface area (Å²) in [4.78, 5) is 104. The molecule has 0 aliphatic carbocycles. The van der Waals surface area contributed by atoms with E-state index in [9.17, 15) is 54.3 Å². The minimum absolute atomic E-state index is 0.0521. The van der Waals surface area contributed by atoms with Gasteiger partial charge in [0, 0.05) is 68.3 Å². The molecule has 0 spiro atoms. The molecule has 5 rings (SSSR count). The number of ether oxygens (including phenoxy) is 3. The Morgan fingerprint density at radius 1 is 0.750 bits per heavy atom. The van der Waals surface area contributed by atoms with Crippen LogP contribution in [0.1, 0.15) is 23.1 Å². The van der Waals surface area contributed by atoms with Crippen molar-refractivity contribution in [2.24, 2.45) is 4.99 Å². The lowest BCUT2D eigenvalue weighted by Crippen LogP contribution is -2.64. The van der Waals surface area contributed by atoms with Gasteiger partial charge in [-0.2, -0.15) is 12.6 Å². The lowest BCUT2D eigenvalue weighted by molar-refractivity contribution is -0.385. The van der Waals surface area contributed by atoms with Gasteiger partial charge in [-0.25, -0.2) is 19.3 Å². The number of non-ortho nitro benzene ring substituents is 3. The Morgan fingerprint density at radius 2 is 1.22 bits per heavy atom. The van der Waals surface area contributed by atoms with Crippen LogP contribution in [0.15, 0.2) is 77.8 Å². The highest BCUT2D eigenvalue weighted by Gasteiger charge is 2.44. The molecule has 2 N–H and O–H groups in total. The maximum absolute atomic E-state index is 13.5. The topological polar surface area (TPSA) is 289 Å². The summed E-state index contributed by atoms with van der Waals surface area (Å²) < 4.78 is 15.9. The minimum Gasteiger partial charge on any atom is -0.445 e. The zero-order valence-electron chi connectivity index (χ0n) is 31.6. The van der Waals surface area contributed by atoms with E-state index in [2.05, 4.69) is 28.3 Å². The Bertz CT molecular complexity index is 2150. The molecule has 2 heterocycles. The summed E-state index contributed by atoms with van der Waals surface area (Å²) >= 11 is 4.45. The van der Waals surface area contributed by atoms with Crippen molar-refractivity contribution in [2.45, 2.75) is 43.6 Å². The van der Waals surface area contributed by atoms with Gasteiger partial charge in [0.2, 0.25) is 17.8 Å². The van der Waals surface area contributed by atoms with E-state index in [0.29, 0.717) is 21.6 Å². The Morgan fingerprint density at radius 3 is 1.68 bits per heavy atom. The normalized spacial score (nSPS) is 16.2. The van der Waals surface area contributed by atoms with Gasteiger partial charge in [-0.3, -0.25) is 44.8 Å². The van der Waals surface area contributed by atoms with Gasteiger partial charge >= 0.3 is 18.3 Å². The van der Waals surface area contributed by atoms with E-state index in [1.807, 2.05) is 0 Å². The number of aliphatic imine (C=N–C) groups is 1. The minimum atomic E-state index is -1.20. The lowest BCUT2D eigenvalue weighted by atomic mass is 10.1. The predicted molar refractivity (Wildman–Crippen MR) is 209 cm³/mol. The highest BCUT2D eigenvalue weighted by molar-refractivity contribution is 7.81. The number of nitro groups is 3. The molecule has 2 fully saturated rings. The fraction of sp³-hybridized carbons (Fsp3) is 0.333. The first kappa shape index (κ1) is 43.7. The molecule has 316 valence electrons. The number of amides is 5. The highest BCUT2D eigenvalue weighted by Crippen LogP contribution is 2.27. The molecule has 24 heteroatoms. The summed E-state index contributed by atoms with van der Waals surface area (Å²) in [5.74, 6) is -1.60. The molecule has 0 radical (unpaired) electrons. The number of hydrogen-bond acceptors (Lipinski definition) is 15. The third-order valence-corrected chi connectivity index (χ3v) is 9.46. The molecule has 2 atom stereocenters. The summed E-state index contributed by atoms with van der Waals surface area (Å²) in [6.45, 7) is -1.41. The molecular formula is C36H37N9O14S. The second kappa shape index (κ2) is 19.9. The average Bonchev–Trinajstić information content (AvgIpc) is 3.62. The van der Waals surface area contributed by atoms with Gasteiger partial charge in [0.25, 0.3) is 17.1 Å². The number of carbonyl (C=O) groups is 5. The van der Waals surface area contributed by atoms with E-state index < -0.39 is 69.5 Å². The molecule has 0 saturated carbocycles. The van der Waals surface area contributed by atoms with Crippen LogP contribution in [0.4, 0.5) is 31.4 Å². The fourth-order valence-electron chi connectivity index (χ4n) is 5.96. The number of benzene rings is 3. The Kier molecular flexibility index (Phi) is 14.5. The maximum Gasteiger partial charge on any atom is 0.437 e. The van der Waals surface area contributed by atoms with E-state index in [0.717, 1.165) is 0 Å². The van der Waals surface area contributed by atoms with Gasteiger partial charge in [0.05, 0.1) is 20.8 Å². The van der Waals surface area contributed by atoms with Gasteiger partial charge in [0.15, 0.2) is 0 Å². The number of hydrogen-bond donors (Lipinski definition) is 3. The first-order valence-electron chi connectivity index (χ1n) is 17.9. The van der Waals surface area contributed by atoms with E-state index >= 15 is 0 Å². The molecule has 2 aliphatic rings. The van der Waals surface area contributed by atoms with Crippen molar-refractivity contribution in [3.8, 4) is 0 Å². The van der Waals surface area contributed by atoms with Crippen molar-refractivity contribution in [3.05, 3.63) is 120 Å². The zero-order chi connectivity index (χ0) is 43.5. The van der Waals surface area contributed by atoms with Crippen LogP contribution in [0.2, 0.25) is 0 Å². The molecular weight excluding hydrogens is 815 g/mol. The summed E-state index contributed by atoms with van der Waals surface area (Å²) in [7, 11) is 1.31. The molecule has 60 heavy (non-hydrogen) atoms. The number of nitro benzene ring substituents is 3. The van der Waals surface area contributed by atoms with Crippen LogP contribution in [0.5, 0.6) is 0 Å². The van der Waals surface area contributed by atoms with Crippen LogP contribution >= 0.6 is 12.6 Å². The van der Waals surface area contributed by atoms with Crippen molar-refractivity contribution in [3.63, 3.8) is 0 Å². The standard InChI is InChI=1S/C36H37N9O14S/c1-37-33(39-34(48)57-19-22-2-8-26(9-3-22)43(51)52)42(36(50)59-21-24-6-12-28(13-7-24)45(55)56)18-31(46)38-25-15-40(16-25)32(47)30-14-29(60)17-41(30)35(49)58-20-23-4-10-27(11-5-23)44(53)54/h2-13,25,29-30,60H,14-21H2,1H3,(H,38,46)(H,37,39,48)/t29-,30-/m0/s1. The molecule has 3 aromatic rings. The molecule has 2 aliphatic heterocycles. The molecule has 23 nitrogen and oxygen atoms in total. The van der Waals surface area contributed by atoms with Crippen molar-refractivity contribution in [1.29, 1.82) is 0 Å². The van der Waals surface area contributed by atoms with Crippen molar-refractivity contribution in [1.82, 2.24) is 25.3 Å². The molecule has 0 unspecified atom stereocenters. The van der Waals surface area contributed by atoms with Gasteiger partial charge in [0.1, 0.15) is 32.4 Å². The van der Waals surface area contributed by atoms with Crippen molar-refractivity contribution < 1.29 is 53.0 Å². The van der Waals surface area contributed by atoms with E-state index in [1.54, 1.807) is 0 Å². The number of likely N-dealkylation sites (tertiary alicyclic amines) is 2. The van der Waals surface area contributed by atoms with Crippen LogP contribution in [0.3, 0.4) is 0 Å². The van der Waals surface area contributed by atoms with Crippen LogP contribution in [0.25, 0.3) is 0 Å². The summed E-state index contributed by atoms with van der Waals surface area (Å²) in [6.07, 6.45) is -2.87. The lowest BCUT2D eigenvalue weighted by Gasteiger charge is -2.42. The van der Waals surface area contributed by atoms with Gasteiger partial charge in [-0.15, -0.1) is 4.99 Å². The summed E-state index contributed by atoms with van der Waals surface area (Å²) in [5.41, 5.74) is 0.777. The number of guanidine groups is 1. The smallest absolute Gasteiger partial charge is 0.437 e. The number of rotatable bonds is 13. The Labute approximate surface area is 345 Å². The maximum atomic E-state index is 13.5. The van der Waals surface area contributed by atoms with Crippen LogP contribution in [0, 0.1) is 30.3 Å². The molecule has 5 amide bonds. The Balaban J connectivity index is 1.18. The van der Waals surface area contributed by atoms with Crippen LogP contribution < -0.4 is 10.6 Å². The predicted octanol–water partition coefficient (Wildman–Crippen LogP) is 3.30. The average molecular weight is 852 g/mol. The largest absolute Gasteiger partial charge is 0.445 e. The van der Waals surface area contributed by atoms with Gasteiger partial charge < -0.3 is 29.7 Å². The monoisotopic (exact) mass is 851 g/mol. The zero-order valence-corrected chi connectivity index (χ0v) is 32.5. The second-order valence-corrected chi connectivity index (χ2v) is 14.0. The molecule has 0 bridgehead atoms. The molecule has 3 aromatic carbocycles. The van der Waals surface area contributed by atoms with Crippen LogP contribution in [-0.4, -0.2) is 116 Å². The second-order valence-electron chi connectivity index (χ2n) is 13.3. The number of thiol groups is 1. The third kappa shape index (κ3) is 11.6. The quantitative estimate of drug-likeness (QED) is 0.0555. The fourth-order valence-corrected chi connectivity index (χ4v) is 6.34. The highest BCUT2D eigenvalue weighted by atomic mass is 32.1. The van der Waals surface area contributed by atoms with Gasteiger partial charge in [-0.1, -0.05) is 0 Å². The first-order valence-corrected chi connectivity index (χ1v) is 18.4. The summed E-state index contributed by atoms with van der Waals surface area (Å²) in [6, 6.07) is 14.3. The van der Waals surface area contributed by atoms with Gasteiger partial charge in [-0.05, 0) is 59.5 Å². The number of nitrogens with zero attached hydrogens (tertiary/aromatic N) is 7. The van der Waals surface area contributed by atoms with E-state index in [4.69, 9.17) is 14.2 Å². The number of carbonyl (C=O) groups excluding carboxylic acids is 5. The first-order chi connectivity index (χ1) is 28.6. The molecule has 2 saturated heterocycles. The van der Waals surface area contributed by atoms with Crippen molar-refractivity contribution in [2.75, 3.05) is 33.2 Å². The number of nitrogens with one attached hydrogen (secondary N) is 2. The van der Waals surface area contributed by atoms with Crippen LogP contribution in [-0.2, 0) is 43.6 Å². The summed E-state index contributed by atoms with van der Waals surface area (Å²) in [5, 5.41) is 37.8. The SMILES string of the molecule is CNC(=NC(=O)OCc1ccc([N+](=O)[O-])cc1)N(CC(=O)NC1CN(C(=O)[C@@H]2C[C@H](S)CN2C(=O)OCc2ccc([N+](=O)[O-])cc2)C1)C(=O)OCc1ccc([N+](=O)[O-])cc1. The Hall–Kier alpha value is -7.37. The van der Waals surface area contributed by atoms with E-state index in [1.165, 1.54) is 89.6 Å². The third-order valence-electron chi connectivity index (χ3n) is 9.08.